The molecule has 0 saturated heterocycles. The number of carbonyl (C=O) groups excluding carboxylic acids is 1. The van der Waals surface area contributed by atoms with Crippen molar-refractivity contribution in [3.63, 3.8) is 0 Å². The van der Waals surface area contributed by atoms with Gasteiger partial charge in [-0.3, -0.25) is 9.59 Å². The normalized spacial score (nSPS) is 8.33. The molecule has 0 radical (unpaired) electrons. The van der Waals surface area contributed by atoms with Crippen molar-refractivity contribution in [3.8, 4) is 0 Å². The molecule has 0 atom stereocenters. The van der Waals surface area contributed by atoms with E-state index in [1.807, 2.05) is 36.4 Å². The topological polar surface area (TPSA) is 63.6 Å². The number of esters is 1. The number of ether oxygens (including phenoxy) is 1. The molecule has 1 N–H and O–H groups in total. The Bertz CT molecular complexity index is 241. The Morgan fingerprint density at radius 3 is 1.73 bits per heavy atom. The van der Waals surface area contributed by atoms with Gasteiger partial charge in [-0.1, -0.05) is 36.4 Å². The minimum absolute atomic E-state index is 0.0370. The highest BCUT2D eigenvalue weighted by atomic mass is 16.5. The number of aliphatic carboxylic acids is 1. The first-order chi connectivity index (χ1) is 7.13. The lowest BCUT2D eigenvalue weighted by atomic mass is 10.4. The molecule has 0 fully saturated rings. The molecule has 82 valence electrons. The zero-order valence-electron chi connectivity index (χ0n) is 8.55. The van der Waals surface area contributed by atoms with Gasteiger partial charge in [0.05, 0.1) is 6.42 Å². The van der Waals surface area contributed by atoms with Crippen molar-refractivity contribution in [2.24, 2.45) is 0 Å². The molecule has 1 aromatic carbocycles. The molecule has 4 heteroatoms. The van der Waals surface area contributed by atoms with Gasteiger partial charge in [0.1, 0.15) is 6.61 Å². The average Bonchev–Trinajstić information content (AvgIpc) is 2.20. The van der Waals surface area contributed by atoms with E-state index in [-0.39, 0.29) is 13.0 Å². The number of carboxylic acids is 1. The van der Waals surface area contributed by atoms with Crippen LogP contribution in [0.25, 0.3) is 0 Å². The van der Waals surface area contributed by atoms with E-state index in [0.717, 1.165) is 0 Å². The highest BCUT2D eigenvalue weighted by Crippen LogP contribution is 1.82. The highest BCUT2D eigenvalue weighted by Gasteiger charge is 1.97. The third-order valence-corrected chi connectivity index (χ3v) is 1.29. The van der Waals surface area contributed by atoms with E-state index in [1.54, 1.807) is 0 Å². The second-order valence-corrected chi connectivity index (χ2v) is 2.64. The lowest BCUT2D eigenvalue weighted by Crippen LogP contribution is -2.05. The van der Waals surface area contributed by atoms with Gasteiger partial charge in [-0.05, 0) is 0 Å². The summed E-state index contributed by atoms with van der Waals surface area (Å²) >= 11 is 0. The van der Waals surface area contributed by atoms with Gasteiger partial charge >= 0.3 is 11.9 Å². The second kappa shape index (κ2) is 8.74. The van der Waals surface area contributed by atoms with Crippen LogP contribution >= 0.6 is 0 Å². The lowest BCUT2D eigenvalue weighted by molar-refractivity contribution is -0.144. The number of benzene rings is 1. The van der Waals surface area contributed by atoms with E-state index in [1.165, 1.54) is 6.92 Å². The highest BCUT2D eigenvalue weighted by molar-refractivity contribution is 5.68. The maximum Gasteiger partial charge on any atom is 0.306 e. The predicted molar refractivity (Wildman–Crippen MR) is 55.3 cm³/mol. The van der Waals surface area contributed by atoms with Crippen LogP contribution in [0.5, 0.6) is 0 Å². The number of carboxylic acid groups (broad SMARTS) is 1. The fourth-order valence-electron chi connectivity index (χ4n) is 0.667. The van der Waals surface area contributed by atoms with Crippen molar-refractivity contribution in [2.75, 3.05) is 6.61 Å². The molecule has 0 aliphatic carbocycles. The first kappa shape index (κ1) is 13.2. The Kier molecular flexibility index (Phi) is 7.67. The number of carbonyl (C=O) groups is 2. The monoisotopic (exact) mass is 210 g/mol. The van der Waals surface area contributed by atoms with Gasteiger partial charge in [0.15, 0.2) is 0 Å². The van der Waals surface area contributed by atoms with E-state index < -0.39 is 11.9 Å². The summed E-state index contributed by atoms with van der Waals surface area (Å²) in [5.74, 6) is -1.41. The van der Waals surface area contributed by atoms with E-state index >= 15 is 0 Å². The Morgan fingerprint density at radius 1 is 1.07 bits per heavy atom. The molecule has 0 aromatic heterocycles. The standard InChI is InChI=1S/C6H6.C5H8O4/c1-2-4-6-5-3-1;1-4(6)9-3-2-5(7)8/h1-6H;2-3H2,1H3,(H,7,8). The minimum atomic E-state index is -0.962. The van der Waals surface area contributed by atoms with E-state index in [2.05, 4.69) is 4.74 Å². The van der Waals surface area contributed by atoms with Crippen LogP contribution in [0, 0.1) is 0 Å². The summed E-state index contributed by atoms with van der Waals surface area (Å²) in [6.07, 6.45) is -0.125. The molecule has 1 rings (SSSR count). The SMILES string of the molecule is CC(=O)OCCC(=O)O.c1ccccc1. The van der Waals surface area contributed by atoms with Gasteiger partial charge < -0.3 is 9.84 Å². The molecule has 0 spiro atoms. The molecular formula is C11H14O4. The first-order valence-electron chi connectivity index (χ1n) is 4.48. The Balaban J connectivity index is 0.000000280. The van der Waals surface area contributed by atoms with Gasteiger partial charge in [0, 0.05) is 6.92 Å². The third-order valence-electron chi connectivity index (χ3n) is 1.29. The summed E-state index contributed by atoms with van der Waals surface area (Å²) < 4.78 is 4.33. The maximum atomic E-state index is 10.0. The summed E-state index contributed by atoms with van der Waals surface area (Å²) in [4.78, 5) is 19.8. The third kappa shape index (κ3) is 12.2. The molecule has 0 amide bonds. The Morgan fingerprint density at radius 2 is 1.47 bits per heavy atom. The molecule has 0 bridgehead atoms. The van der Waals surface area contributed by atoms with E-state index in [4.69, 9.17) is 5.11 Å². The molecule has 15 heavy (non-hydrogen) atoms. The summed E-state index contributed by atoms with van der Waals surface area (Å²) in [6.45, 7) is 1.20. The van der Waals surface area contributed by atoms with Gasteiger partial charge in [-0.15, -0.1) is 0 Å². The smallest absolute Gasteiger partial charge is 0.306 e. The van der Waals surface area contributed by atoms with Crippen molar-refractivity contribution in [1.82, 2.24) is 0 Å². The Hall–Kier alpha value is -1.84. The number of hydrogen-bond donors (Lipinski definition) is 1. The summed E-state index contributed by atoms with van der Waals surface area (Å²) in [7, 11) is 0. The van der Waals surface area contributed by atoms with Crippen LogP contribution in [0.3, 0.4) is 0 Å². The first-order valence-corrected chi connectivity index (χ1v) is 4.48. The fraction of sp³-hybridized carbons (Fsp3) is 0.273. The minimum Gasteiger partial charge on any atom is -0.481 e. The molecule has 0 aliphatic heterocycles. The molecule has 0 aliphatic rings. The van der Waals surface area contributed by atoms with Gasteiger partial charge in [0.2, 0.25) is 0 Å². The second-order valence-electron chi connectivity index (χ2n) is 2.64. The van der Waals surface area contributed by atoms with Gasteiger partial charge in [-0.2, -0.15) is 0 Å². The van der Waals surface area contributed by atoms with Crippen molar-refractivity contribution >= 4 is 11.9 Å². The summed E-state index contributed by atoms with van der Waals surface area (Å²) in [5, 5.41) is 8.04. The number of rotatable bonds is 3. The van der Waals surface area contributed by atoms with Crippen LogP contribution in [-0.4, -0.2) is 23.7 Å². The van der Waals surface area contributed by atoms with Crippen LogP contribution in [0.1, 0.15) is 13.3 Å². The van der Waals surface area contributed by atoms with Gasteiger partial charge in [-0.25, -0.2) is 0 Å². The van der Waals surface area contributed by atoms with Crippen molar-refractivity contribution in [2.45, 2.75) is 13.3 Å². The van der Waals surface area contributed by atoms with Crippen molar-refractivity contribution in [3.05, 3.63) is 36.4 Å². The zero-order valence-corrected chi connectivity index (χ0v) is 8.55. The van der Waals surface area contributed by atoms with Crippen LogP contribution < -0.4 is 0 Å². The predicted octanol–water partition coefficient (Wildman–Crippen LogP) is 1.71. The quantitative estimate of drug-likeness (QED) is 0.771. The van der Waals surface area contributed by atoms with E-state index in [9.17, 15) is 9.59 Å². The average molecular weight is 210 g/mol. The van der Waals surface area contributed by atoms with E-state index in [0.29, 0.717) is 0 Å². The lowest BCUT2D eigenvalue weighted by Gasteiger charge is -1.95. The van der Waals surface area contributed by atoms with Crippen molar-refractivity contribution in [1.29, 1.82) is 0 Å². The summed E-state index contributed by atoms with van der Waals surface area (Å²) in [6, 6.07) is 12.0. The van der Waals surface area contributed by atoms with Crippen LogP contribution in [-0.2, 0) is 14.3 Å². The van der Waals surface area contributed by atoms with Crippen LogP contribution in [0.15, 0.2) is 36.4 Å². The molecule has 0 heterocycles. The number of hydrogen-bond acceptors (Lipinski definition) is 3. The maximum absolute atomic E-state index is 10.0. The zero-order chi connectivity index (χ0) is 11.5. The largest absolute Gasteiger partial charge is 0.481 e. The molecule has 0 unspecified atom stereocenters. The molecular weight excluding hydrogens is 196 g/mol. The van der Waals surface area contributed by atoms with Crippen LogP contribution in [0.2, 0.25) is 0 Å². The Labute approximate surface area is 88.5 Å². The van der Waals surface area contributed by atoms with Gasteiger partial charge in [0.25, 0.3) is 0 Å². The molecule has 4 nitrogen and oxygen atoms in total. The molecule has 1 aromatic rings. The fourth-order valence-corrected chi connectivity index (χ4v) is 0.667. The molecule has 0 saturated carbocycles. The van der Waals surface area contributed by atoms with Crippen LogP contribution in [0.4, 0.5) is 0 Å². The van der Waals surface area contributed by atoms with Crippen molar-refractivity contribution < 1.29 is 19.4 Å². The summed E-state index contributed by atoms with van der Waals surface area (Å²) in [5.41, 5.74) is 0.